The van der Waals surface area contributed by atoms with Crippen molar-refractivity contribution in [3.63, 3.8) is 0 Å². The molecule has 0 atom stereocenters. The van der Waals surface area contributed by atoms with Crippen LogP contribution in [0.15, 0.2) is 77.9 Å². The van der Waals surface area contributed by atoms with Crippen molar-refractivity contribution in [2.24, 2.45) is 7.05 Å². The standard InChI is InChI=1S/C22H17N5O3/c1-27-22(30)18-8-3-2-7-17(18)19(26-27)21(29)25-16-6-4-5-15(13-16)24-20(28)14-9-11-23-12-10-14/h2-13H,1H3,(H,24,28)(H,25,29). The lowest BCUT2D eigenvalue weighted by Crippen LogP contribution is -2.25. The second-order valence-electron chi connectivity index (χ2n) is 6.55. The van der Waals surface area contributed by atoms with E-state index in [1.165, 1.54) is 19.4 Å². The van der Waals surface area contributed by atoms with Crippen LogP contribution in [0.2, 0.25) is 0 Å². The Bertz CT molecular complexity index is 1320. The van der Waals surface area contributed by atoms with Gasteiger partial charge in [0, 0.05) is 41.8 Å². The van der Waals surface area contributed by atoms with Crippen molar-refractivity contribution in [3.05, 3.63) is 94.7 Å². The van der Waals surface area contributed by atoms with Gasteiger partial charge >= 0.3 is 0 Å². The van der Waals surface area contributed by atoms with Crippen molar-refractivity contribution in [2.75, 3.05) is 10.6 Å². The molecule has 0 radical (unpaired) electrons. The minimum atomic E-state index is -0.459. The van der Waals surface area contributed by atoms with Crippen LogP contribution in [-0.4, -0.2) is 26.6 Å². The van der Waals surface area contributed by atoms with Crippen LogP contribution in [0, 0.1) is 0 Å². The molecule has 8 heteroatoms. The summed E-state index contributed by atoms with van der Waals surface area (Å²) in [4.78, 5) is 41.3. The molecule has 4 rings (SSSR count). The zero-order valence-electron chi connectivity index (χ0n) is 16.0. The number of fused-ring (bicyclic) bond motifs is 1. The van der Waals surface area contributed by atoms with Gasteiger partial charge in [0.25, 0.3) is 17.4 Å². The molecule has 0 aliphatic rings. The Balaban J connectivity index is 1.58. The molecule has 2 aromatic heterocycles. The Kier molecular flexibility index (Phi) is 5.04. The van der Waals surface area contributed by atoms with Gasteiger partial charge in [-0.15, -0.1) is 0 Å². The van der Waals surface area contributed by atoms with Crippen molar-refractivity contribution < 1.29 is 9.59 Å². The second-order valence-corrected chi connectivity index (χ2v) is 6.55. The molecule has 8 nitrogen and oxygen atoms in total. The lowest BCUT2D eigenvalue weighted by atomic mass is 10.1. The number of benzene rings is 2. The van der Waals surface area contributed by atoms with E-state index < -0.39 is 5.91 Å². The Morgan fingerprint density at radius 1 is 0.833 bits per heavy atom. The highest BCUT2D eigenvalue weighted by molar-refractivity contribution is 6.11. The fourth-order valence-electron chi connectivity index (χ4n) is 3.04. The Hall–Kier alpha value is -4.33. The number of carbonyl (C=O) groups excluding carboxylic acids is 2. The van der Waals surface area contributed by atoms with Crippen LogP contribution < -0.4 is 16.2 Å². The summed E-state index contributed by atoms with van der Waals surface area (Å²) in [6.45, 7) is 0. The molecule has 0 spiro atoms. The summed E-state index contributed by atoms with van der Waals surface area (Å²) >= 11 is 0. The van der Waals surface area contributed by atoms with Gasteiger partial charge in [-0.1, -0.05) is 24.3 Å². The van der Waals surface area contributed by atoms with Gasteiger partial charge in [-0.2, -0.15) is 5.10 Å². The van der Waals surface area contributed by atoms with Gasteiger partial charge in [-0.05, 0) is 36.4 Å². The summed E-state index contributed by atoms with van der Waals surface area (Å²) in [6, 6.07) is 16.8. The smallest absolute Gasteiger partial charge is 0.276 e. The molecule has 148 valence electrons. The fraction of sp³-hybridized carbons (Fsp3) is 0.0455. The molecule has 30 heavy (non-hydrogen) atoms. The molecule has 0 saturated heterocycles. The zero-order chi connectivity index (χ0) is 21.1. The molecular formula is C22H17N5O3. The van der Waals surface area contributed by atoms with Crippen LogP contribution in [0.3, 0.4) is 0 Å². The largest absolute Gasteiger partial charge is 0.322 e. The topological polar surface area (TPSA) is 106 Å². The van der Waals surface area contributed by atoms with E-state index in [1.807, 2.05) is 0 Å². The predicted molar refractivity (Wildman–Crippen MR) is 114 cm³/mol. The van der Waals surface area contributed by atoms with Gasteiger partial charge in [-0.25, -0.2) is 4.68 Å². The minimum Gasteiger partial charge on any atom is -0.322 e. The molecule has 0 bridgehead atoms. The molecule has 0 aliphatic carbocycles. The summed E-state index contributed by atoms with van der Waals surface area (Å²) in [5.41, 5.74) is 1.34. The maximum Gasteiger partial charge on any atom is 0.276 e. The molecular weight excluding hydrogens is 382 g/mol. The molecule has 0 unspecified atom stereocenters. The van der Waals surface area contributed by atoms with Gasteiger partial charge in [0.1, 0.15) is 0 Å². The average molecular weight is 399 g/mol. The van der Waals surface area contributed by atoms with E-state index in [4.69, 9.17) is 0 Å². The minimum absolute atomic E-state index is 0.138. The molecule has 2 N–H and O–H groups in total. The van der Waals surface area contributed by atoms with Crippen molar-refractivity contribution in [1.82, 2.24) is 14.8 Å². The highest BCUT2D eigenvalue weighted by atomic mass is 16.2. The van der Waals surface area contributed by atoms with Gasteiger partial charge < -0.3 is 10.6 Å². The lowest BCUT2D eigenvalue weighted by molar-refractivity contribution is 0.101. The lowest BCUT2D eigenvalue weighted by Gasteiger charge is -2.10. The number of nitrogens with one attached hydrogen (secondary N) is 2. The normalized spacial score (nSPS) is 10.6. The first-order valence-corrected chi connectivity index (χ1v) is 9.12. The first-order valence-electron chi connectivity index (χ1n) is 9.12. The van der Waals surface area contributed by atoms with Gasteiger partial charge in [0.05, 0.1) is 5.39 Å². The third-order valence-electron chi connectivity index (χ3n) is 4.49. The van der Waals surface area contributed by atoms with E-state index in [9.17, 15) is 14.4 Å². The van der Waals surface area contributed by atoms with Crippen LogP contribution in [0.4, 0.5) is 11.4 Å². The third kappa shape index (κ3) is 3.79. The quantitative estimate of drug-likeness (QED) is 0.549. The monoisotopic (exact) mass is 399 g/mol. The maximum absolute atomic E-state index is 12.9. The van der Waals surface area contributed by atoms with Crippen LogP contribution in [0.25, 0.3) is 10.8 Å². The summed E-state index contributed by atoms with van der Waals surface area (Å²) in [7, 11) is 1.50. The number of hydrogen-bond donors (Lipinski definition) is 2. The number of rotatable bonds is 4. The van der Waals surface area contributed by atoms with E-state index in [2.05, 4.69) is 20.7 Å². The van der Waals surface area contributed by atoms with Crippen molar-refractivity contribution in [2.45, 2.75) is 0 Å². The number of carbonyl (C=O) groups is 2. The number of aryl methyl sites for hydroxylation is 1. The number of aromatic nitrogens is 3. The number of nitrogens with zero attached hydrogens (tertiary/aromatic N) is 3. The summed E-state index contributed by atoms with van der Waals surface area (Å²) in [5, 5.41) is 10.6. The highest BCUT2D eigenvalue weighted by Gasteiger charge is 2.16. The van der Waals surface area contributed by atoms with Gasteiger partial charge in [0.2, 0.25) is 0 Å². The van der Waals surface area contributed by atoms with Crippen LogP contribution >= 0.6 is 0 Å². The molecule has 4 aromatic rings. The van der Waals surface area contributed by atoms with E-state index in [1.54, 1.807) is 60.7 Å². The van der Waals surface area contributed by atoms with Crippen LogP contribution in [-0.2, 0) is 7.05 Å². The number of amides is 2. The molecule has 0 fully saturated rings. The summed E-state index contributed by atoms with van der Waals surface area (Å²) in [6.07, 6.45) is 3.08. The molecule has 0 saturated carbocycles. The number of pyridine rings is 1. The predicted octanol–water partition coefficient (Wildman–Crippen LogP) is 2.83. The second kappa shape index (κ2) is 7.96. The first kappa shape index (κ1) is 19.0. The number of anilines is 2. The Morgan fingerprint density at radius 2 is 1.47 bits per heavy atom. The molecule has 2 aromatic carbocycles. The van der Waals surface area contributed by atoms with Crippen molar-refractivity contribution in [3.8, 4) is 0 Å². The Morgan fingerprint density at radius 3 is 2.17 bits per heavy atom. The first-order chi connectivity index (χ1) is 14.5. The highest BCUT2D eigenvalue weighted by Crippen LogP contribution is 2.19. The Labute approximate surface area is 171 Å². The van der Waals surface area contributed by atoms with Crippen LogP contribution in [0.1, 0.15) is 20.8 Å². The third-order valence-corrected chi connectivity index (χ3v) is 4.49. The van der Waals surface area contributed by atoms with Crippen molar-refractivity contribution >= 4 is 34.0 Å². The van der Waals surface area contributed by atoms with E-state index >= 15 is 0 Å². The van der Waals surface area contributed by atoms with Crippen molar-refractivity contribution in [1.29, 1.82) is 0 Å². The van der Waals surface area contributed by atoms with Gasteiger partial charge in [0.15, 0.2) is 5.69 Å². The van der Waals surface area contributed by atoms with Gasteiger partial charge in [-0.3, -0.25) is 19.4 Å². The van der Waals surface area contributed by atoms with E-state index in [0.29, 0.717) is 27.7 Å². The SMILES string of the molecule is Cn1nc(C(=O)Nc2cccc(NC(=O)c3ccncc3)c2)c2ccccc2c1=O. The fourth-order valence-corrected chi connectivity index (χ4v) is 3.04. The summed E-state index contributed by atoms with van der Waals surface area (Å²) < 4.78 is 1.14. The number of hydrogen-bond acceptors (Lipinski definition) is 5. The van der Waals surface area contributed by atoms with E-state index in [-0.39, 0.29) is 17.2 Å². The maximum atomic E-state index is 12.9. The molecule has 2 amide bonds. The van der Waals surface area contributed by atoms with E-state index in [0.717, 1.165) is 4.68 Å². The van der Waals surface area contributed by atoms with Crippen LogP contribution in [0.5, 0.6) is 0 Å². The summed E-state index contributed by atoms with van der Waals surface area (Å²) in [5.74, 6) is -0.744. The average Bonchev–Trinajstić information content (AvgIpc) is 2.77. The molecule has 2 heterocycles. The molecule has 0 aliphatic heterocycles. The zero-order valence-corrected chi connectivity index (χ0v) is 16.0.